The van der Waals surface area contributed by atoms with Crippen molar-refractivity contribution < 1.29 is 14.6 Å². The van der Waals surface area contributed by atoms with Crippen LogP contribution in [0.25, 0.3) is 33.2 Å². The Balaban J connectivity index is 1.83. The molecule has 4 rings (SSSR count). The molecule has 0 fully saturated rings. The maximum atomic E-state index is 9.50. The Morgan fingerprint density at radius 3 is 2.78 bits per heavy atom. The number of rotatable bonds is 4. The molecule has 0 aliphatic heterocycles. The van der Waals surface area contributed by atoms with E-state index < -0.39 is 6.10 Å². The van der Waals surface area contributed by atoms with Gasteiger partial charge >= 0.3 is 0 Å². The fourth-order valence-corrected chi connectivity index (χ4v) is 2.73. The second-order valence-electron chi connectivity index (χ2n) is 5.44. The number of benzene rings is 2. The van der Waals surface area contributed by atoms with Crippen LogP contribution in [0.1, 0.15) is 0 Å². The van der Waals surface area contributed by atoms with Crippen LogP contribution in [0.2, 0.25) is 0 Å². The van der Waals surface area contributed by atoms with Crippen LogP contribution in [0.3, 0.4) is 0 Å². The average Bonchev–Trinajstić information content (AvgIpc) is 3.18. The van der Waals surface area contributed by atoms with Gasteiger partial charge in [-0.05, 0) is 12.1 Å². The maximum absolute atomic E-state index is 9.50. The molecule has 0 unspecified atom stereocenters. The summed E-state index contributed by atoms with van der Waals surface area (Å²) in [7, 11) is 0. The minimum Gasteiger partial charge on any atom is -0.455 e. The van der Waals surface area contributed by atoms with Gasteiger partial charge in [-0.1, -0.05) is 35.5 Å². The Bertz CT molecular complexity index is 973. The van der Waals surface area contributed by atoms with Crippen LogP contribution in [0.5, 0.6) is 0 Å². The molecule has 0 spiro atoms. The van der Waals surface area contributed by atoms with E-state index in [2.05, 4.69) is 10.3 Å². The lowest BCUT2D eigenvalue weighted by atomic mass is 10.1. The van der Waals surface area contributed by atoms with Gasteiger partial charge in [-0.25, -0.2) is 4.68 Å². The van der Waals surface area contributed by atoms with E-state index in [1.54, 1.807) is 6.20 Å². The number of fused-ring (bicyclic) bond motifs is 3. The first-order valence-electron chi connectivity index (χ1n) is 7.36. The zero-order chi connectivity index (χ0) is 15.8. The van der Waals surface area contributed by atoms with Gasteiger partial charge in [0.25, 0.3) is 0 Å². The van der Waals surface area contributed by atoms with Crippen LogP contribution in [0.4, 0.5) is 0 Å². The minimum atomic E-state index is -0.855. The molecular weight excluding hydrogens is 294 g/mol. The Hall–Kier alpha value is -2.70. The quantitative estimate of drug-likeness (QED) is 0.604. The van der Waals surface area contributed by atoms with Crippen molar-refractivity contribution in [3.63, 3.8) is 0 Å². The molecule has 0 aliphatic rings. The van der Waals surface area contributed by atoms with E-state index in [0.717, 1.165) is 27.5 Å². The van der Waals surface area contributed by atoms with Crippen molar-refractivity contribution in [3.8, 4) is 11.3 Å². The number of aliphatic hydroxyl groups excluding tert-OH is 2. The fraction of sp³-hybridized carbons (Fsp3) is 0.176. The molecule has 116 valence electrons. The van der Waals surface area contributed by atoms with Crippen molar-refractivity contribution >= 4 is 21.9 Å². The van der Waals surface area contributed by atoms with Crippen LogP contribution in [-0.2, 0) is 6.54 Å². The summed E-state index contributed by atoms with van der Waals surface area (Å²) in [6.07, 6.45) is 0.882. The van der Waals surface area contributed by atoms with Crippen molar-refractivity contribution in [1.82, 2.24) is 15.0 Å². The third-order valence-electron chi connectivity index (χ3n) is 3.83. The smallest absolute Gasteiger partial charge is 0.144 e. The van der Waals surface area contributed by atoms with Crippen LogP contribution < -0.4 is 0 Å². The summed E-state index contributed by atoms with van der Waals surface area (Å²) in [5.74, 6) is 0. The molecular formula is C17H15N3O3. The molecule has 6 nitrogen and oxygen atoms in total. The second-order valence-corrected chi connectivity index (χ2v) is 5.44. The van der Waals surface area contributed by atoms with Gasteiger partial charge in [0.15, 0.2) is 0 Å². The number of aliphatic hydroxyl groups is 2. The monoisotopic (exact) mass is 309 g/mol. The van der Waals surface area contributed by atoms with E-state index in [9.17, 15) is 5.11 Å². The molecule has 0 radical (unpaired) electrons. The highest BCUT2D eigenvalue weighted by Gasteiger charge is 2.14. The molecule has 6 heteroatoms. The van der Waals surface area contributed by atoms with E-state index >= 15 is 0 Å². The summed E-state index contributed by atoms with van der Waals surface area (Å²) < 4.78 is 7.49. The predicted molar refractivity (Wildman–Crippen MR) is 85.8 cm³/mol. The Labute approximate surface area is 131 Å². The fourth-order valence-electron chi connectivity index (χ4n) is 2.73. The van der Waals surface area contributed by atoms with Crippen molar-refractivity contribution in [3.05, 3.63) is 48.7 Å². The number of nitrogens with zero attached hydrogens (tertiary/aromatic N) is 3. The molecule has 2 aromatic carbocycles. The van der Waals surface area contributed by atoms with Crippen molar-refractivity contribution in [1.29, 1.82) is 0 Å². The van der Waals surface area contributed by atoms with E-state index in [0.29, 0.717) is 5.69 Å². The SMILES string of the molecule is OC[C@@H](O)Cn1cc(-c2cccc3c2oc2ccccc23)nn1. The summed E-state index contributed by atoms with van der Waals surface area (Å²) in [5, 5.41) is 28.7. The molecule has 0 saturated carbocycles. The second kappa shape index (κ2) is 5.49. The van der Waals surface area contributed by atoms with Gasteiger partial charge in [0.1, 0.15) is 16.9 Å². The zero-order valence-electron chi connectivity index (χ0n) is 12.3. The van der Waals surface area contributed by atoms with Crippen molar-refractivity contribution in [2.75, 3.05) is 6.61 Å². The van der Waals surface area contributed by atoms with Gasteiger partial charge in [0, 0.05) is 16.3 Å². The van der Waals surface area contributed by atoms with Crippen molar-refractivity contribution in [2.24, 2.45) is 0 Å². The summed E-state index contributed by atoms with van der Waals surface area (Å²) in [6, 6.07) is 13.8. The minimum absolute atomic E-state index is 0.194. The number of furan rings is 1. The van der Waals surface area contributed by atoms with E-state index in [-0.39, 0.29) is 13.2 Å². The van der Waals surface area contributed by atoms with Gasteiger partial charge in [-0.15, -0.1) is 5.10 Å². The van der Waals surface area contributed by atoms with Crippen LogP contribution >= 0.6 is 0 Å². The van der Waals surface area contributed by atoms with Gasteiger partial charge < -0.3 is 14.6 Å². The summed E-state index contributed by atoms with van der Waals surface area (Å²) in [6.45, 7) is -0.117. The first-order valence-corrected chi connectivity index (χ1v) is 7.36. The third-order valence-corrected chi connectivity index (χ3v) is 3.83. The highest BCUT2D eigenvalue weighted by molar-refractivity contribution is 6.09. The van der Waals surface area contributed by atoms with Gasteiger partial charge in [-0.3, -0.25) is 0 Å². The number of para-hydroxylation sites is 2. The molecule has 2 heterocycles. The van der Waals surface area contributed by atoms with Gasteiger partial charge in [0.2, 0.25) is 0 Å². The Morgan fingerprint density at radius 2 is 1.91 bits per heavy atom. The first-order chi connectivity index (χ1) is 11.3. The lowest BCUT2D eigenvalue weighted by Crippen LogP contribution is -2.20. The topological polar surface area (TPSA) is 84.3 Å². The molecule has 23 heavy (non-hydrogen) atoms. The Kier molecular flexibility index (Phi) is 3.33. The Morgan fingerprint density at radius 1 is 1.09 bits per heavy atom. The molecule has 0 aliphatic carbocycles. The van der Waals surface area contributed by atoms with Gasteiger partial charge in [-0.2, -0.15) is 0 Å². The molecule has 2 aromatic heterocycles. The lowest BCUT2D eigenvalue weighted by molar-refractivity contribution is 0.0778. The highest BCUT2D eigenvalue weighted by Crippen LogP contribution is 2.34. The summed E-state index contributed by atoms with van der Waals surface area (Å²) in [5.41, 5.74) is 3.12. The molecule has 0 amide bonds. The molecule has 2 N–H and O–H groups in total. The molecule has 0 saturated heterocycles. The highest BCUT2D eigenvalue weighted by atomic mass is 16.3. The van der Waals surface area contributed by atoms with Crippen LogP contribution in [-0.4, -0.2) is 37.9 Å². The van der Waals surface area contributed by atoms with Crippen molar-refractivity contribution in [2.45, 2.75) is 12.6 Å². The van der Waals surface area contributed by atoms with E-state index in [1.165, 1.54) is 4.68 Å². The van der Waals surface area contributed by atoms with Crippen LogP contribution in [0.15, 0.2) is 53.1 Å². The molecule has 1 atom stereocenters. The standard InChI is InChI=1S/C17H15N3O3/c21-10-11(22)8-20-9-15(18-19-20)14-6-3-5-13-12-4-1-2-7-16(12)23-17(13)14/h1-7,9,11,21-22H,8,10H2/t11-/m0/s1. The average molecular weight is 309 g/mol. The van der Waals surface area contributed by atoms with E-state index in [1.807, 2.05) is 42.5 Å². The van der Waals surface area contributed by atoms with Crippen LogP contribution in [0, 0.1) is 0 Å². The number of hydrogen-bond acceptors (Lipinski definition) is 5. The number of aromatic nitrogens is 3. The predicted octanol–water partition coefficient (Wildman–Crippen LogP) is 2.20. The van der Waals surface area contributed by atoms with E-state index in [4.69, 9.17) is 9.52 Å². The molecule has 0 bridgehead atoms. The van der Waals surface area contributed by atoms with Gasteiger partial charge in [0.05, 0.1) is 25.5 Å². The molecule has 4 aromatic rings. The maximum Gasteiger partial charge on any atom is 0.144 e. The largest absolute Gasteiger partial charge is 0.455 e. The lowest BCUT2D eigenvalue weighted by Gasteiger charge is -2.04. The summed E-state index contributed by atoms with van der Waals surface area (Å²) in [4.78, 5) is 0. The third kappa shape index (κ3) is 2.38. The summed E-state index contributed by atoms with van der Waals surface area (Å²) >= 11 is 0. The normalized spacial score (nSPS) is 13.0. The zero-order valence-corrected chi connectivity index (χ0v) is 12.3. The first kappa shape index (κ1) is 13.9. The number of hydrogen-bond donors (Lipinski definition) is 2.